The van der Waals surface area contributed by atoms with E-state index in [9.17, 15) is 4.79 Å². The second-order valence-electron chi connectivity index (χ2n) is 1.51. The van der Waals surface area contributed by atoms with Gasteiger partial charge in [-0.25, -0.2) is 0 Å². The van der Waals surface area contributed by atoms with Gasteiger partial charge in [-0.05, 0) is 22.4 Å². The molecule has 0 spiro atoms. The summed E-state index contributed by atoms with van der Waals surface area (Å²) in [4.78, 5) is 10.5. The van der Waals surface area contributed by atoms with Crippen molar-refractivity contribution in [2.24, 2.45) is 0 Å². The second kappa shape index (κ2) is 1.78. The fourth-order valence-electron chi connectivity index (χ4n) is 0.563. The largest absolute Gasteiger partial charge is 0.294 e. The van der Waals surface area contributed by atoms with Crippen LogP contribution in [0.3, 0.4) is 0 Å². The molecule has 0 aromatic heterocycles. The van der Waals surface area contributed by atoms with Crippen LogP contribution in [0.15, 0.2) is 10.6 Å². The Morgan fingerprint density at radius 2 is 2.43 bits per heavy atom. The summed E-state index contributed by atoms with van der Waals surface area (Å²) in [6, 6.07) is 0. The summed E-state index contributed by atoms with van der Waals surface area (Å²) in [6.07, 6.45) is 3.52. The van der Waals surface area contributed by atoms with Gasteiger partial charge >= 0.3 is 0 Å². The Balaban J connectivity index is 2.72. The van der Waals surface area contributed by atoms with Gasteiger partial charge in [-0.1, -0.05) is 6.08 Å². The molecule has 0 amide bonds. The van der Waals surface area contributed by atoms with Gasteiger partial charge in [0.1, 0.15) is 0 Å². The van der Waals surface area contributed by atoms with Crippen molar-refractivity contribution < 1.29 is 4.79 Å². The summed E-state index contributed by atoms with van der Waals surface area (Å²) in [5.74, 6) is 0.236. The van der Waals surface area contributed by atoms with Crippen LogP contribution in [0.4, 0.5) is 0 Å². The van der Waals surface area contributed by atoms with E-state index in [-0.39, 0.29) is 5.78 Å². The highest BCUT2D eigenvalue weighted by atomic mass is 79.9. The van der Waals surface area contributed by atoms with Gasteiger partial charge in [-0.15, -0.1) is 0 Å². The molecule has 1 rings (SSSR count). The van der Waals surface area contributed by atoms with Crippen LogP contribution in [0.1, 0.15) is 12.8 Å². The number of carbonyl (C=O) groups excluding carboxylic acids is 1. The molecule has 7 heavy (non-hydrogen) atoms. The zero-order chi connectivity index (χ0) is 5.28. The van der Waals surface area contributed by atoms with Crippen LogP contribution in [0.5, 0.6) is 0 Å². The normalized spacial score (nSPS) is 20.1. The highest BCUT2D eigenvalue weighted by Crippen LogP contribution is 2.18. The van der Waals surface area contributed by atoms with E-state index in [1.165, 1.54) is 0 Å². The molecule has 1 aliphatic rings. The molecule has 0 aromatic rings. The quantitative estimate of drug-likeness (QED) is 0.527. The summed E-state index contributed by atoms with van der Waals surface area (Å²) >= 11 is 3.12. The highest BCUT2D eigenvalue weighted by Gasteiger charge is 2.09. The molecule has 0 saturated heterocycles. The Labute approximate surface area is 50.5 Å². The van der Waals surface area contributed by atoms with E-state index in [0.29, 0.717) is 6.42 Å². The lowest BCUT2D eigenvalue weighted by Crippen LogP contribution is -1.86. The molecule has 0 saturated carbocycles. The predicted octanol–water partition coefficient (Wildman–Crippen LogP) is 1.63. The Bertz CT molecular complexity index is 126. The summed E-state index contributed by atoms with van der Waals surface area (Å²) in [6.45, 7) is 0. The Morgan fingerprint density at radius 3 is 2.57 bits per heavy atom. The SMILES string of the molecule is O=C1CCC=C1Br. The zero-order valence-corrected chi connectivity index (χ0v) is 5.36. The molecule has 1 aliphatic carbocycles. The number of Topliss-reactive ketones (excluding diaryl/α,β-unsaturated/α-hetero) is 1. The summed E-state index contributed by atoms with van der Waals surface area (Å²) in [7, 11) is 0. The molecule has 0 radical (unpaired) electrons. The first kappa shape index (κ1) is 5.04. The van der Waals surface area contributed by atoms with Crippen molar-refractivity contribution >= 4 is 21.7 Å². The van der Waals surface area contributed by atoms with Gasteiger partial charge in [-0.3, -0.25) is 4.79 Å². The summed E-state index contributed by atoms with van der Waals surface area (Å²) in [5, 5.41) is 0. The maximum atomic E-state index is 10.5. The molecule has 2 heteroatoms. The molecular weight excluding hydrogens is 156 g/mol. The number of carbonyl (C=O) groups is 1. The van der Waals surface area contributed by atoms with Gasteiger partial charge in [0.15, 0.2) is 5.78 Å². The van der Waals surface area contributed by atoms with E-state index in [1.807, 2.05) is 6.08 Å². The van der Waals surface area contributed by atoms with E-state index in [1.54, 1.807) is 0 Å². The molecule has 38 valence electrons. The van der Waals surface area contributed by atoms with Crippen LogP contribution in [-0.4, -0.2) is 5.78 Å². The van der Waals surface area contributed by atoms with E-state index in [2.05, 4.69) is 15.9 Å². The van der Waals surface area contributed by atoms with Gasteiger partial charge in [0.25, 0.3) is 0 Å². The van der Waals surface area contributed by atoms with Gasteiger partial charge in [0, 0.05) is 6.42 Å². The fraction of sp³-hybridized carbons (Fsp3) is 0.400. The Kier molecular flexibility index (Phi) is 1.28. The molecule has 0 aromatic carbocycles. The van der Waals surface area contributed by atoms with Gasteiger partial charge in [0.05, 0.1) is 4.48 Å². The van der Waals surface area contributed by atoms with E-state index in [0.717, 1.165) is 10.9 Å². The van der Waals surface area contributed by atoms with Crippen molar-refractivity contribution in [1.82, 2.24) is 0 Å². The molecule has 0 N–H and O–H groups in total. The standard InChI is InChI=1S/C5H5BrO/c6-4-2-1-3-5(4)7/h2H,1,3H2. The molecule has 0 bridgehead atoms. The average molecular weight is 161 g/mol. The average Bonchev–Trinajstić information content (AvgIpc) is 1.91. The molecular formula is C5H5BrO. The maximum Gasteiger partial charge on any atom is 0.169 e. The van der Waals surface area contributed by atoms with Crippen LogP contribution in [-0.2, 0) is 4.79 Å². The molecule has 0 unspecified atom stereocenters. The minimum atomic E-state index is 0.236. The summed E-state index contributed by atoms with van der Waals surface area (Å²) in [5.41, 5.74) is 0. The van der Waals surface area contributed by atoms with Gasteiger partial charge in [-0.2, -0.15) is 0 Å². The maximum absolute atomic E-state index is 10.5. The number of halogens is 1. The van der Waals surface area contributed by atoms with Crippen LogP contribution in [0.25, 0.3) is 0 Å². The minimum absolute atomic E-state index is 0.236. The van der Waals surface area contributed by atoms with E-state index >= 15 is 0 Å². The third-order valence-corrected chi connectivity index (χ3v) is 1.73. The van der Waals surface area contributed by atoms with Crippen LogP contribution < -0.4 is 0 Å². The second-order valence-corrected chi connectivity index (χ2v) is 2.37. The van der Waals surface area contributed by atoms with Crippen LogP contribution in [0.2, 0.25) is 0 Å². The van der Waals surface area contributed by atoms with Crippen molar-refractivity contribution in [3.63, 3.8) is 0 Å². The minimum Gasteiger partial charge on any atom is -0.294 e. The predicted molar refractivity (Wildman–Crippen MR) is 31.3 cm³/mol. The zero-order valence-electron chi connectivity index (χ0n) is 3.78. The highest BCUT2D eigenvalue weighted by molar-refractivity contribution is 9.12. The molecule has 0 fully saturated rings. The number of allylic oxidation sites excluding steroid dienone is 2. The van der Waals surface area contributed by atoms with Crippen molar-refractivity contribution in [2.75, 3.05) is 0 Å². The van der Waals surface area contributed by atoms with Crippen molar-refractivity contribution in [3.05, 3.63) is 10.6 Å². The monoisotopic (exact) mass is 160 g/mol. The van der Waals surface area contributed by atoms with E-state index in [4.69, 9.17) is 0 Å². The first-order valence-electron chi connectivity index (χ1n) is 2.19. The molecule has 0 aliphatic heterocycles. The lowest BCUT2D eigenvalue weighted by Gasteiger charge is -1.78. The molecule has 1 nitrogen and oxygen atoms in total. The number of hydrogen-bond donors (Lipinski definition) is 0. The van der Waals surface area contributed by atoms with Crippen LogP contribution >= 0.6 is 15.9 Å². The fourth-order valence-corrected chi connectivity index (χ4v) is 0.990. The first-order chi connectivity index (χ1) is 3.30. The third kappa shape index (κ3) is 0.911. The first-order valence-corrected chi connectivity index (χ1v) is 2.99. The molecule has 0 atom stereocenters. The third-order valence-electron chi connectivity index (χ3n) is 0.961. The Morgan fingerprint density at radius 1 is 1.71 bits per heavy atom. The van der Waals surface area contributed by atoms with Crippen LogP contribution in [0, 0.1) is 0 Å². The molecule has 0 heterocycles. The lowest BCUT2D eigenvalue weighted by atomic mass is 10.3. The van der Waals surface area contributed by atoms with Crippen molar-refractivity contribution in [3.8, 4) is 0 Å². The van der Waals surface area contributed by atoms with Gasteiger partial charge < -0.3 is 0 Å². The number of ketones is 1. The summed E-state index contributed by atoms with van der Waals surface area (Å²) < 4.78 is 0.757. The Hall–Kier alpha value is -0.110. The number of rotatable bonds is 0. The smallest absolute Gasteiger partial charge is 0.169 e. The van der Waals surface area contributed by atoms with E-state index < -0.39 is 0 Å². The van der Waals surface area contributed by atoms with Gasteiger partial charge in [0.2, 0.25) is 0 Å². The number of hydrogen-bond acceptors (Lipinski definition) is 1. The lowest BCUT2D eigenvalue weighted by molar-refractivity contribution is -0.114. The van der Waals surface area contributed by atoms with Crippen molar-refractivity contribution in [2.45, 2.75) is 12.8 Å². The van der Waals surface area contributed by atoms with Crippen molar-refractivity contribution in [1.29, 1.82) is 0 Å². The topological polar surface area (TPSA) is 17.1 Å².